The zero-order valence-electron chi connectivity index (χ0n) is 9.69. The SMILES string of the molecule is COC(C)(C)CCC(O)Cc1cccs1. The van der Waals surface area contributed by atoms with Crippen molar-refractivity contribution in [1.82, 2.24) is 0 Å². The van der Waals surface area contributed by atoms with Crippen LogP contribution >= 0.6 is 11.3 Å². The van der Waals surface area contributed by atoms with Crippen molar-refractivity contribution < 1.29 is 9.84 Å². The van der Waals surface area contributed by atoms with Crippen molar-refractivity contribution in [3.63, 3.8) is 0 Å². The molecule has 86 valence electrons. The minimum absolute atomic E-state index is 0.129. The minimum atomic E-state index is -0.252. The van der Waals surface area contributed by atoms with Crippen LogP contribution in [-0.4, -0.2) is 23.9 Å². The van der Waals surface area contributed by atoms with Crippen molar-refractivity contribution in [2.45, 2.75) is 44.8 Å². The molecule has 1 rings (SSSR count). The first-order valence-electron chi connectivity index (χ1n) is 5.29. The van der Waals surface area contributed by atoms with Crippen LogP contribution in [0.5, 0.6) is 0 Å². The highest BCUT2D eigenvalue weighted by molar-refractivity contribution is 7.09. The Morgan fingerprint density at radius 3 is 2.80 bits per heavy atom. The smallest absolute Gasteiger partial charge is 0.0623 e. The van der Waals surface area contributed by atoms with E-state index in [1.54, 1.807) is 18.4 Å². The van der Waals surface area contributed by atoms with E-state index in [1.807, 2.05) is 25.3 Å². The molecule has 2 nitrogen and oxygen atoms in total. The Morgan fingerprint density at radius 2 is 2.27 bits per heavy atom. The Hall–Kier alpha value is -0.380. The first-order chi connectivity index (χ1) is 7.03. The molecule has 0 radical (unpaired) electrons. The monoisotopic (exact) mass is 228 g/mol. The second kappa shape index (κ2) is 5.64. The average molecular weight is 228 g/mol. The van der Waals surface area contributed by atoms with Gasteiger partial charge in [-0.05, 0) is 38.1 Å². The van der Waals surface area contributed by atoms with Gasteiger partial charge in [-0.2, -0.15) is 0 Å². The molecule has 0 aliphatic rings. The summed E-state index contributed by atoms with van der Waals surface area (Å²) in [5.41, 5.74) is -0.129. The molecule has 1 unspecified atom stereocenters. The van der Waals surface area contributed by atoms with Gasteiger partial charge in [0.25, 0.3) is 0 Å². The molecule has 1 aromatic heterocycles. The Morgan fingerprint density at radius 1 is 1.53 bits per heavy atom. The summed E-state index contributed by atoms with van der Waals surface area (Å²) in [6, 6.07) is 4.08. The molecule has 1 aromatic rings. The Labute approximate surface area is 95.9 Å². The van der Waals surface area contributed by atoms with Gasteiger partial charge in [-0.1, -0.05) is 6.07 Å². The average Bonchev–Trinajstić information content (AvgIpc) is 2.68. The lowest BCUT2D eigenvalue weighted by atomic mass is 9.98. The maximum atomic E-state index is 9.83. The number of hydrogen-bond acceptors (Lipinski definition) is 3. The zero-order chi connectivity index (χ0) is 11.3. The molecule has 1 N–H and O–H groups in total. The van der Waals surface area contributed by atoms with Gasteiger partial charge >= 0.3 is 0 Å². The van der Waals surface area contributed by atoms with Gasteiger partial charge in [-0.25, -0.2) is 0 Å². The number of ether oxygens (including phenoxy) is 1. The second-order valence-electron chi connectivity index (χ2n) is 4.44. The highest BCUT2D eigenvalue weighted by atomic mass is 32.1. The quantitative estimate of drug-likeness (QED) is 0.811. The van der Waals surface area contributed by atoms with Gasteiger partial charge in [0.05, 0.1) is 11.7 Å². The number of aliphatic hydroxyl groups excluding tert-OH is 1. The van der Waals surface area contributed by atoms with Crippen molar-refractivity contribution in [2.24, 2.45) is 0 Å². The molecule has 0 amide bonds. The molecule has 0 aromatic carbocycles. The molecule has 15 heavy (non-hydrogen) atoms. The van der Waals surface area contributed by atoms with E-state index in [0.29, 0.717) is 0 Å². The molecule has 0 spiro atoms. The van der Waals surface area contributed by atoms with E-state index in [9.17, 15) is 5.11 Å². The second-order valence-corrected chi connectivity index (χ2v) is 5.47. The Kier molecular flexibility index (Phi) is 4.77. The number of aliphatic hydroxyl groups is 1. The van der Waals surface area contributed by atoms with Gasteiger partial charge in [0, 0.05) is 18.4 Å². The topological polar surface area (TPSA) is 29.5 Å². The number of methoxy groups -OCH3 is 1. The molecule has 0 aliphatic carbocycles. The molecule has 1 atom stereocenters. The summed E-state index contributed by atoms with van der Waals surface area (Å²) in [6.07, 6.45) is 2.18. The number of rotatable bonds is 6. The van der Waals surface area contributed by atoms with Crippen molar-refractivity contribution in [3.05, 3.63) is 22.4 Å². The van der Waals surface area contributed by atoms with Crippen LogP contribution in [0.2, 0.25) is 0 Å². The molecule has 1 heterocycles. The van der Waals surface area contributed by atoms with Crippen LogP contribution in [0.15, 0.2) is 17.5 Å². The van der Waals surface area contributed by atoms with Gasteiger partial charge < -0.3 is 9.84 Å². The van der Waals surface area contributed by atoms with E-state index < -0.39 is 0 Å². The van der Waals surface area contributed by atoms with Crippen LogP contribution in [-0.2, 0) is 11.2 Å². The predicted molar refractivity (Wildman–Crippen MR) is 64.4 cm³/mol. The van der Waals surface area contributed by atoms with Gasteiger partial charge in [-0.15, -0.1) is 11.3 Å². The third-order valence-electron chi connectivity index (χ3n) is 2.65. The van der Waals surface area contributed by atoms with E-state index in [0.717, 1.165) is 19.3 Å². The fourth-order valence-corrected chi connectivity index (χ4v) is 2.16. The van der Waals surface area contributed by atoms with E-state index in [-0.39, 0.29) is 11.7 Å². The van der Waals surface area contributed by atoms with Gasteiger partial charge in [0.1, 0.15) is 0 Å². The highest BCUT2D eigenvalue weighted by Crippen LogP contribution is 2.19. The molecule has 3 heteroatoms. The van der Waals surface area contributed by atoms with Crippen LogP contribution in [0.1, 0.15) is 31.6 Å². The molecular formula is C12H20O2S. The van der Waals surface area contributed by atoms with Gasteiger partial charge in [0.2, 0.25) is 0 Å². The fraction of sp³-hybridized carbons (Fsp3) is 0.667. The summed E-state index contributed by atoms with van der Waals surface area (Å²) in [4.78, 5) is 1.25. The maximum Gasteiger partial charge on any atom is 0.0623 e. The molecule has 0 aliphatic heterocycles. The van der Waals surface area contributed by atoms with Gasteiger partial charge in [-0.3, -0.25) is 0 Å². The number of hydrogen-bond donors (Lipinski definition) is 1. The van der Waals surface area contributed by atoms with Crippen LogP contribution in [0.25, 0.3) is 0 Å². The minimum Gasteiger partial charge on any atom is -0.393 e. The van der Waals surface area contributed by atoms with Crippen LogP contribution in [0, 0.1) is 0 Å². The van der Waals surface area contributed by atoms with Gasteiger partial charge in [0.15, 0.2) is 0 Å². The molecule has 0 saturated carbocycles. The molecular weight excluding hydrogens is 208 g/mol. The summed E-state index contributed by atoms with van der Waals surface area (Å²) in [6.45, 7) is 4.09. The maximum absolute atomic E-state index is 9.83. The Bertz CT molecular complexity index is 267. The van der Waals surface area contributed by atoms with Crippen LogP contribution < -0.4 is 0 Å². The van der Waals surface area contributed by atoms with E-state index in [4.69, 9.17) is 4.74 Å². The fourth-order valence-electron chi connectivity index (χ4n) is 1.38. The predicted octanol–water partition coefficient (Wildman–Crippen LogP) is 2.86. The molecule has 0 fully saturated rings. The third-order valence-corrected chi connectivity index (χ3v) is 3.55. The summed E-state index contributed by atoms with van der Waals surface area (Å²) >= 11 is 1.70. The summed E-state index contributed by atoms with van der Waals surface area (Å²) in [5.74, 6) is 0. The van der Waals surface area contributed by atoms with E-state index in [2.05, 4.69) is 6.07 Å². The highest BCUT2D eigenvalue weighted by Gasteiger charge is 2.18. The number of thiophene rings is 1. The first kappa shape index (κ1) is 12.7. The van der Waals surface area contributed by atoms with Crippen molar-refractivity contribution >= 4 is 11.3 Å². The lowest BCUT2D eigenvalue weighted by Crippen LogP contribution is -2.25. The zero-order valence-corrected chi connectivity index (χ0v) is 10.5. The van der Waals surface area contributed by atoms with Crippen LogP contribution in [0.4, 0.5) is 0 Å². The summed E-state index contributed by atoms with van der Waals surface area (Å²) < 4.78 is 5.31. The molecule has 0 bridgehead atoms. The van der Waals surface area contributed by atoms with Crippen LogP contribution in [0.3, 0.4) is 0 Å². The first-order valence-corrected chi connectivity index (χ1v) is 6.17. The largest absolute Gasteiger partial charge is 0.393 e. The standard InChI is InChI=1S/C12H20O2S/c1-12(2,14-3)7-6-10(13)9-11-5-4-8-15-11/h4-5,8,10,13H,6-7,9H2,1-3H3. The van der Waals surface area contributed by atoms with Crippen molar-refractivity contribution in [3.8, 4) is 0 Å². The van der Waals surface area contributed by atoms with E-state index in [1.165, 1.54) is 4.88 Å². The summed E-state index contributed by atoms with van der Waals surface area (Å²) in [5, 5.41) is 11.9. The third kappa shape index (κ3) is 4.78. The normalized spacial score (nSPS) is 14.1. The lowest BCUT2D eigenvalue weighted by molar-refractivity contribution is 0.00313. The van der Waals surface area contributed by atoms with Crippen molar-refractivity contribution in [1.29, 1.82) is 0 Å². The van der Waals surface area contributed by atoms with Crippen molar-refractivity contribution in [2.75, 3.05) is 7.11 Å². The molecule has 0 saturated heterocycles. The Balaban J connectivity index is 2.28. The lowest BCUT2D eigenvalue weighted by Gasteiger charge is -2.24. The van der Waals surface area contributed by atoms with E-state index >= 15 is 0 Å². The summed E-state index contributed by atoms with van der Waals surface area (Å²) in [7, 11) is 1.71.